The van der Waals surface area contributed by atoms with Gasteiger partial charge in [-0.25, -0.2) is 0 Å². The van der Waals surface area contributed by atoms with Gasteiger partial charge in [-0.3, -0.25) is 0 Å². The zero-order valence-electron chi connectivity index (χ0n) is 11.0. The maximum atomic E-state index is 6.30. The molecule has 0 aromatic carbocycles. The first-order chi connectivity index (χ1) is 8.26. The second kappa shape index (κ2) is 5.98. The third-order valence-electron chi connectivity index (χ3n) is 3.78. The molecular formula is C14H23NOS. The van der Waals surface area contributed by atoms with Crippen molar-refractivity contribution in [3.63, 3.8) is 0 Å². The molecule has 1 aliphatic heterocycles. The Morgan fingerprint density at radius 1 is 1.41 bits per heavy atom. The molecule has 1 saturated heterocycles. The molecule has 1 fully saturated rings. The average Bonchev–Trinajstić information content (AvgIpc) is 2.77. The highest BCUT2D eigenvalue weighted by Crippen LogP contribution is 2.31. The lowest BCUT2D eigenvalue weighted by atomic mass is 9.95. The number of ether oxygens (including phenoxy) is 1. The molecule has 1 N–H and O–H groups in total. The van der Waals surface area contributed by atoms with E-state index in [1.807, 2.05) is 11.3 Å². The Hall–Kier alpha value is -0.380. The second-order valence-corrected chi connectivity index (χ2v) is 5.81. The normalized spacial score (nSPS) is 25.4. The summed E-state index contributed by atoms with van der Waals surface area (Å²) in [6, 6.07) is 2.18. The topological polar surface area (TPSA) is 21.3 Å². The highest BCUT2D eigenvalue weighted by atomic mass is 32.1. The number of thiophene rings is 1. The van der Waals surface area contributed by atoms with Gasteiger partial charge >= 0.3 is 0 Å². The van der Waals surface area contributed by atoms with Crippen molar-refractivity contribution in [3.8, 4) is 0 Å². The van der Waals surface area contributed by atoms with Crippen LogP contribution in [0.5, 0.6) is 0 Å². The van der Waals surface area contributed by atoms with Crippen LogP contribution < -0.4 is 5.32 Å². The molecule has 2 rings (SSSR count). The van der Waals surface area contributed by atoms with E-state index in [9.17, 15) is 0 Å². The third kappa shape index (κ3) is 2.90. The molecule has 1 aliphatic rings. The molecule has 17 heavy (non-hydrogen) atoms. The van der Waals surface area contributed by atoms with E-state index in [1.165, 1.54) is 23.3 Å². The predicted molar refractivity (Wildman–Crippen MR) is 73.6 cm³/mol. The Balaban J connectivity index is 2.04. The number of morpholine rings is 1. The van der Waals surface area contributed by atoms with Crippen LogP contribution in [0.4, 0.5) is 0 Å². The number of hydrogen-bond acceptors (Lipinski definition) is 3. The van der Waals surface area contributed by atoms with Crippen LogP contribution in [-0.4, -0.2) is 19.2 Å². The highest BCUT2D eigenvalue weighted by Gasteiger charge is 2.29. The maximum Gasteiger partial charge on any atom is 0.105 e. The smallest absolute Gasteiger partial charge is 0.105 e. The molecular weight excluding hydrogens is 230 g/mol. The summed E-state index contributed by atoms with van der Waals surface area (Å²) in [6.07, 6.45) is 3.05. The third-order valence-corrected chi connectivity index (χ3v) is 4.89. The van der Waals surface area contributed by atoms with Crippen LogP contribution in [-0.2, 0) is 4.74 Å². The van der Waals surface area contributed by atoms with Gasteiger partial charge in [0.25, 0.3) is 0 Å². The van der Waals surface area contributed by atoms with E-state index in [2.05, 4.69) is 37.5 Å². The van der Waals surface area contributed by atoms with Gasteiger partial charge in [-0.05, 0) is 29.9 Å². The van der Waals surface area contributed by atoms with Crippen molar-refractivity contribution in [2.24, 2.45) is 5.92 Å². The average molecular weight is 253 g/mol. The molecule has 96 valence electrons. The van der Waals surface area contributed by atoms with Crippen molar-refractivity contribution >= 4 is 11.3 Å². The first-order valence-corrected chi connectivity index (χ1v) is 7.54. The fraction of sp³-hybridized carbons (Fsp3) is 0.714. The van der Waals surface area contributed by atoms with Crippen molar-refractivity contribution in [2.45, 2.75) is 45.8 Å². The van der Waals surface area contributed by atoms with Gasteiger partial charge in [0.2, 0.25) is 0 Å². The predicted octanol–water partition coefficient (Wildman–Crippen LogP) is 3.52. The van der Waals surface area contributed by atoms with Gasteiger partial charge in [0.05, 0.1) is 6.10 Å². The van der Waals surface area contributed by atoms with E-state index in [0.29, 0.717) is 12.0 Å². The van der Waals surface area contributed by atoms with E-state index in [0.717, 1.165) is 13.1 Å². The van der Waals surface area contributed by atoms with Crippen molar-refractivity contribution in [1.82, 2.24) is 5.32 Å². The molecule has 2 heterocycles. The monoisotopic (exact) mass is 253 g/mol. The molecule has 3 heteroatoms. The molecule has 2 unspecified atom stereocenters. The van der Waals surface area contributed by atoms with E-state index in [-0.39, 0.29) is 6.10 Å². The molecule has 2 nitrogen and oxygen atoms in total. The molecule has 1 aromatic heterocycles. The minimum absolute atomic E-state index is 0.259. The summed E-state index contributed by atoms with van der Waals surface area (Å²) in [4.78, 5) is 1.40. The Bertz CT molecular complexity index is 346. The van der Waals surface area contributed by atoms with Crippen LogP contribution in [0.2, 0.25) is 0 Å². The lowest BCUT2D eigenvalue weighted by molar-refractivity contribution is -0.0675. The summed E-state index contributed by atoms with van der Waals surface area (Å²) in [5.74, 6) is 0.686. The largest absolute Gasteiger partial charge is 0.367 e. The SMILES string of the molecule is CCC(CC)C1CNCC(c2sccc2C)O1. The lowest BCUT2D eigenvalue weighted by Gasteiger charge is -2.35. The van der Waals surface area contributed by atoms with Gasteiger partial charge in [0.1, 0.15) is 6.10 Å². The number of rotatable bonds is 4. The van der Waals surface area contributed by atoms with E-state index < -0.39 is 0 Å². The number of hydrogen-bond donors (Lipinski definition) is 1. The number of aryl methyl sites for hydroxylation is 1. The van der Waals surface area contributed by atoms with Crippen LogP contribution in [0.1, 0.15) is 43.2 Å². The molecule has 0 spiro atoms. The molecule has 2 atom stereocenters. The van der Waals surface area contributed by atoms with Gasteiger partial charge in [0, 0.05) is 18.0 Å². The van der Waals surface area contributed by atoms with Gasteiger partial charge in [0.15, 0.2) is 0 Å². The van der Waals surface area contributed by atoms with E-state index >= 15 is 0 Å². The number of nitrogens with one attached hydrogen (secondary N) is 1. The van der Waals surface area contributed by atoms with E-state index in [1.54, 1.807) is 0 Å². The van der Waals surface area contributed by atoms with Gasteiger partial charge < -0.3 is 10.1 Å². The fourth-order valence-corrected chi connectivity index (χ4v) is 3.59. The van der Waals surface area contributed by atoms with Crippen molar-refractivity contribution < 1.29 is 4.74 Å². The zero-order valence-corrected chi connectivity index (χ0v) is 11.8. The quantitative estimate of drug-likeness (QED) is 0.886. The first kappa shape index (κ1) is 13.1. The Morgan fingerprint density at radius 2 is 2.18 bits per heavy atom. The Kier molecular flexibility index (Phi) is 4.60. The summed E-state index contributed by atoms with van der Waals surface area (Å²) in [6.45, 7) is 8.66. The van der Waals surface area contributed by atoms with Crippen LogP contribution in [0, 0.1) is 12.8 Å². The van der Waals surface area contributed by atoms with Gasteiger partial charge in [-0.1, -0.05) is 26.7 Å². The molecule has 0 radical (unpaired) electrons. The summed E-state index contributed by atoms with van der Waals surface area (Å²) in [7, 11) is 0. The maximum absolute atomic E-state index is 6.30. The van der Waals surface area contributed by atoms with Crippen molar-refractivity contribution in [1.29, 1.82) is 0 Å². The lowest BCUT2D eigenvalue weighted by Crippen LogP contribution is -2.44. The minimum Gasteiger partial charge on any atom is -0.367 e. The molecule has 0 bridgehead atoms. The molecule has 0 amide bonds. The summed E-state index contributed by atoms with van der Waals surface area (Å²) < 4.78 is 6.30. The second-order valence-electron chi connectivity index (χ2n) is 4.87. The van der Waals surface area contributed by atoms with Gasteiger partial charge in [-0.2, -0.15) is 0 Å². The summed E-state index contributed by atoms with van der Waals surface area (Å²) in [5, 5.41) is 5.69. The van der Waals surface area contributed by atoms with E-state index in [4.69, 9.17) is 4.74 Å². The van der Waals surface area contributed by atoms with Crippen LogP contribution in [0.25, 0.3) is 0 Å². The standard InChI is InChI=1S/C14H23NOS/c1-4-11(5-2)12-8-15-9-13(16-12)14-10(3)6-7-17-14/h6-7,11-13,15H,4-5,8-9H2,1-3H3. The summed E-state index contributed by atoms with van der Waals surface area (Å²) >= 11 is 1.82. The van der Waals surface area contributed by atoms with Crippen LogP contribution >= 0.6 is 11.3 Å². The molecule has 0 aliphatic carbocycles. The van der Waals surface area contributed by atoms with Crippen LogP contribution in [0.3, 0.4) is 0 Å². The minimum atomic E-state index is 0.259. The highest BCUT2D eigenvalue weighted by molar-refractivity contribution is 7.10. The first-order valence-electron chi connectivity index (χ1n) is 6.66. The molecule has 1 aromatic rings. The van der Waals surface area contributed by atoms with Crippen LogP contribution in [0.15, 0.2) is 11.4 Å². The Labute approximate surface area is 108 Å². The zero-order chi connectivity index (χ0) is 12.3. The van der Waals surface area contributed by atoms with Gasteiger partial charge in [-0.15, -0.1) is 11.3 Å². The fourth-order valence-electron chi connectivity index (χ4n) is 2.62. The van der Waals surface area contributed by atoms with Crippen molar-refractivity contribution in [2.75, 3.05) is 13.1 Å². The molecule has 0 saturated carbocycles. The Morgan fingerprint density at radius 3 is 2.76 bits per heavy atom. The van der Waals surface area contributed by atoms with Crippen molar-refractivity contribution in [3.05, 3.63) is 21.9 Å². The summed E-state index contributed by atoms with van der Waals surface area (Å²) in [5.41, 5.74) is 1.37.